The van der Waals surface area contributed by atoms with Gasteiger partial charge in [0.05, 0.1) is 19.5 Å². The highest BCUT2D eigenvalue weighted by molar-refractivity contribution is 5.78. The molecule has 192 valence electrons. The zero-order chi connectivity index (χ0) is 25.6. The first-order valence-electron chi connectivity index (χ1n) is 12.7. The van der Waals surface area contributed by atoms with Crippen molar-refractivity contribution < 1.29 is 14.3 Å². The molecule has 0 saturated heterocycles. The maximum absolute atomic E-state index is 12.1. The van der Waals surface area contributed by atoms with Gasteiger partial charge in [0.25, 0.3) is 0 Å². The van der Waals surface area contributed by atoms with Gasteiger partial charge in [0.2, 0.25) is 5.91 Å². The molecule has 3 rings (SSSR count). The summed E-state index contributed by atoms with van der Waals surface area (Å²) >= 11 is 0. The summed E-state index contributed by atoms with van der Waals surface area (Å²) in [5.41, 5.74) is 3.35. The van der Waals surface area contributed by atoms with Gasteiger partial charge in [-0.2, -0.15) is 0 Å². The first-order chi connectivity index (χ1) is 17.6. The van der Waals surface area contributed by atoms with E-state index >= 15 is 0 Å². The molecule has 0 aliphatic heterocycles. The van der Waals surface area contributed by atoms with Crippen LogP contribution in [0.5, 0.6) is 11.5 Å². The Hall–Kier alpha value is -3.58. The van der Waals surface area contributed by atoms with E-state index in [0.29, 0.717) is 26.2 Å². The number of hydrogen-bond acceptors (Lipinski definition) is 5. The lowest BCUT2D eigenvalue weighted by molar-refractivity contribution is -0.120. The van der Waals surface area contributed by atoms with Crippen LogP contribution in [0.25, 0.3) is 11.8 Å². The van der Waals surface area contributed by atoms with Crippen LogP contribution in [0.15, 0.2) is 67.3 Å². The maximum atomic E-state index is 12.1. The average Bonchev–Trinajstić information content (AvgIpc) is 3.42. The largest absolute Gasteiger partial charge is 0.490 e. The molecular formula is C29H38N4O3. The smallest absolute Gasteiger partial charge is 0.223 e. The predicted octanol–water partition coefficient (Wildman–Crippen LogP) is 4.75. The summed E-state index contributed by atoms with van der Waals surface area (Å²) in [6, 6.07) is 14.3. The molecule has 0 saturated carbocycles. The number of aromatic nitrogens is 2. The van der Waals surface area contributed by atoms with Crippen LogP contribution < -0.4 is 14.8 Å². The van der Waals surface area contributed by atoms with Crippen LogP contribution in [-0.4, -0.2) is 60.3 Å². The lowest BCUT2D eigenvalue weighted by Gasteiger charge is -2.17. The van der Waals surface area contributed by atoms with Crippen LogP contribution in [0.3, 0.4) is 0 Å². The van der Waals surface area contributed by atoms with E-state index in [2.05, 4.69) is 34.4 Å². The summed E-state index contributed by atoms with van der Waals surface area (Å²) < 4.78 is 13.3. The molecule has 36 heavy (non-hydrogen) atoms. The minimum Gasteiger partial charge on any atom is -0.490 e. The number of likely N-dealkylation sites (N-methyl/N-ethyl adjacent to an activating group) is 1. The van der Waals surface area contributed by atoms with Crippen LogP contribution in [-0.2, 0) is 11.2 Å². The van der Waals surface area contributed by atoms with Crippen molar-refractivity contribution >= 4 is 12.0 Å². The summed E-state index contributed by atoms with van der Waals surface area (Å²) in [6.07, 6.45) is 11.5. The number of hydrogen-bond donors (Lipinski definition) is 1. The van der Waals surface area contributed by atoms with E-state index in [1.165, 1.54) is 5.56 Å². The Bertz CT molecular complexity index is 1080. The van der Waals surface area contributed by atoms with Crippen LogP contribution in [0.4, 0.5) is 0 Å². The van der Waals surface area contributed by atoms with Crippen molar-refractivity contribution in [1.82, 2.24) is 19.8 Å². The second-order valence-corrected chi connectivity index (χ2v) is 8.57. The van der Waals surface area contributed by atoms with Gasteiger partial charge in [0.1, 0.15) is 0 Å². The van der Waals surface area contributed by atoms with Crippen LogP contribution in [0, 0.1) is 0 Å². The monoisotopic (exact) mass is 490 g/mol. The minimum atomic E-state index is 0.0433. The molecular weight excluding hydrogens is 452 g/mol. The summed E-state index contributed by atoms with van der Waals surface area (Å²) in [6.45, 7) is 7.73. The van der Waals surface area contributed by atoms with Crippen molar-refractivity contribution in [2.75, 3.05) is 39.9 Å². The Morgan fingerprint density at radius 1 is 1.06 bits per heavy atom. The van der Waals surface area contributed by atoms with Crippen molar-refractivity contribution in [2.45, 2.75) is 33.1 Å². The summed E-state index contributed by atoms with van der Waals surface area (Å²) in [7, 11) is 2.11. The Labute approximate surface area is 214 Å². The fourth-order valence-corrected chi connectivity index (χ4v) is 3.80. The minimum absolute atomic E-state index is 0.0433. The van der Waals surface area contributed by atoms with Gasteiger partial charge < -0.3 is 24.3 Å². The molecule has 1 N–H and O–H groups in total. The molecule has 0 unspecified atom stereocenters. The van der Waals surface area contributed by atoms with Gasteiger partial charge >= 0.3 is 0 Å². The van der Waals surface area contributed by atoms with Crippen molar-refractivity contribution in [3.05, 3.63) is 78.4 Å². The molecule has 0 atom stereocenters. The zero-order valence-electron chi connectivity index (χ0n) is 21.7. The van der Waals surface area contributed by atoms with E-state index in [1.807, 2.05) is 67.1 Å². The second kappa shape index (κ2) is 14.7. The number of nitrogens with zero attached hydrogens (tertiary/aromatic N) is 3. The van der Waals surface area contributed by atoms with E-state index < -0.39 is 0 Å². The summed E-state index contributed by atoms with van der Waals surface area (Å²) in [5, 5.41) is 3.01. The highest BCUT2D eigenvalue weighted by Crippen LogP contribution is 2.28. The Morgan fingerprint density at radius 2 is 1.83 bits per heavy atom. The lowest BCUT2D eigenvalue weighted by atomic mass is 10.1. The van der Waals surface area contributed by atoms with Crippen LogP contribution >= 0.6 is 0 Å². The predicted molar refractivity (Wildman–Crippen MR) is 145 cm³/mol. The number of amides is 1. The maximum Gasteiger partial charge on any atom is 0.223 e. The normalized spacial score (nSPS) is 11.2. The van der Waals surface area contributed by atoms with Gasteiger partial charge in [-0.1, -0.05) is 30.4 Å². The Kier molecular flexibility index (Phi) is 11.1. The van der Waals surface area contributed by atoms with E-state index in [0.717, 1.165) is 48.7 Å². The highest BCUT2D eigenvalue weighted by Gasteiger charge is 2.07. The van der Waals surface area contributed by atoms with Gasteiger partial charge in [0, 0.05) is 37.6 Å². The number of carbonyl (C=O) groups is 1. The number of rotatable bonds is 15. The van der Waals surface area contributed by atoms with Gasteiger partial charge in [-0.15, -0.1) is 0 Å². The molecule has 7 heteroatoms. The van der Waals surface area contributed by atoms with Gasteiger partial charge in [-0.25, -0.2) is 4.98 Å². The number of benzene rings is 2. The molecule has 0 aliphatic rings. The molecule has 0 aliphatic carbocycles. The second-order valence-electron chi connectivity index (χ2n) is 8.57. The van der Waals surface area contributed by atoms with E-state index in [-0.39, 0.29) is 5.91 Å². The van der Waals surface area contributed by atoms with Crippen molar-refractivity contribution in [3.63, 3.8) is 0 Å². The molecule has 1 amide bonds. The number of imidazole rings is 1. The third kappa shape index (κ3) is 8.89. The fourth-order valence-electron chi connectivity index (χ4n) is 3.80. The van der Waals surface area contributed by atoms with Crippen molar-refractivity contribution in [2.24, 2.45) is 0 Å². The molecule has 7 nitrogen and oxygen atoms in total. The molecule has 0 fully saturated rings. The van der Waals surface area contributed by atoms with E-state index in [4.69, 9.17) is 9.47 Å². The standard InChI is InChI=1S/C29H38N4O3/c1-4-35-27-15-12-25(22-28(27)36-5-2)16-20-32(3)19-7-17-31-29(34)9-6-8-24-10-13-26(14-11-24)33-21-18-30-23-33/h6,8,10-15,18,21-23H,4-5,7,9,16-17,19-20H2,1-3H3,(H,31,34). The quantitative estimate of drug-likeness (QED) is 0.311. The first kappa shape index (κ1) is 27.0. The SMILES string of the molecule is CCOc1ccc(CCN(C)CCCNC(=O)CC=Cc2ccc(-n3ccnc3)cc2)cc1OCC. The number of ether oxygens (including phenoxy) is 2. The molecule has 1 heterocycles. The van der Waals surface area contributed by atoms with Gasteiger partial charge in [-0.3, -0.25) is 4.79 Å². The number of carbonyl (C=O) groups excluding carboxylic acids is 1. The summed E-state index contributed by atoms with van der Waals surface area (Å²) in [4.78, 5) is 18.5. The Morgan fingerprint density at radius 3 is 2.56 bits per heavy atom. The topological polar surface area (TPSA) is 68.6 Å². The van der Waals surface area contributed by atoms with Crippen molar-refractivity contribution in [3.8, 4) is 17.2 Å². The third-order valence-electron chi connectivity index (χ3n) is 5.74. The van der Waals surface area contributed by atoms with Gasteiger partial charge in [-0.05, 0) is 75.7 Å². The zero-order valence-corrected chi connectivity index (χ0v) is 21.7. The van der Waals surface area contributed by atoms with E-state index in [1.54, 1.807) is 12.5 Å². The number of nitrogens with one attached hydrogen (secondary N) is 1. The molecule has 1 aromatic heterocycles. The van der Waals surface area contributed by atoms with Crippen LogP contribution in [0.2, 0.25) is 0 Å². The molecule has 0 radical (unpaired) electrons. The molecule has 2 aromatic carbocycles. The van der Waals surface area contributed by atoms with Crippen LogP contribution in [0.1, 0.15) is 37.8 Å². The molecule has 0 bridgehead atoms. The first-order valence-corrected chi connectivity index (χ1v) is 12.7. The lowest BCUT2D eigenvalue weighted by Crippen LogP contribution is -2.28. The van der Waals surface area contributed by atoms with E-state index in [9.17, 15) is 4.79 Å². The summed E-state index contributed by atoms with van der Waals surface area (Å²) in [5.74, 6) is 1.65. The fraction of sp³-hybridized carbons (Fsp3) is 0.379. The van der Waals surface area contributed by atoms with Gasteiger partial charge in [0.15, 0.2) is 11.5 Å². The van der Waals surface area contributed by atoms with Crippen molar-refractivity contribution in [1.29, 1.82) is 0 Å². The average molecular weight is 491 g/mol. The molecule has 0 spiro atoms. The highest BCUT2D eigenvalue weighted by atomic mass is 16.5. The molecule has 3 aromatic rings. The Balaban J connectivity index is 1.31. The third-order valence-corrected chi connectivity index (χ3v) is 5.74.